The summed E-state index contributed by atoms with van der Waals surface area (Å²) in [4.78, 5) is 28.2. The van der Waals surface area contributed by atoms with Crippen LogP contribution in [-0.2, 0) is 16.9 Å². The van der Waals surface area contributed by atoms with E-state index in [2.05, 4.69) is 10.3 Å². The molecule has 0 aliphatic heterocycles. The third-order valence-corrected chi connectivity index (χ3v) is 4.85. The van der Waals surface area contributed by atoms with Gasteiger partial charge in [-0.15, -0.1) is 0 Å². The summed E-state index contributed by atoms with van der Waals surface area (Å²) >= 11 is 0. The summed E-state index contributed by atoms with van der Waals surface area (Å²) in [6.07, 6.45) is 4.09. The number of nitrogens with zero attached hydrogens (tertiary/aromatic N) is 2. The minimum atomic E-state index is -1.03. The van der Waals surface area contributed by atoms with Gasteiger partial charge in [-0.2, -0.15) is 0 Å². The Bertz CT molecular complexity index is 1050. The minimum absolute atomic E-state index is 0.00570. The molecule has 2 aromatic carbocycles. The molecule has 1 N–H and O–H groups in total. The van der Waals surface area contributed by atoms with Gasteiger partial charge < -0.3 is 10.1 Å². The maximum Gasteiger partial charge on any atom is 0.408 e. The minimum Gasteiger partial charge on any atom is -0.445 e. The van der Waals surface area contributed by atoms with Crippen molar-refractivity contribution in [2.75, 3.05) is 0 Å². The van der Waals surface area contributed by atoms with Gasteiger partial charge in [0.05, 0.1) is 11.1 Å². The summed E-state index contributed by atoms with van der Waals surface area (Å²) in [7, 11) is 0. The number of carbonyl (C=O) groups excluding carboxylic acids is 2. The topological polar surface area (TPSA) is 73.2 Å². The van der Waals surface area contributed by atoms with Crippen molar-refractivity contribution >= 4 is 12.0 Å². The highest BCUT2D eigenvalue weighted by molar-refractivity contribution is 5.96. The van der Waals surface area contributed by atoms with Gasteiger partial charge in [-0.1, -0.05) is 30.3 Å². The Balaban J connectivity index is 1.49. The molecular formula is C21H17F2N3O3. The normalized spacial score (nSPS) is 14.3. The van der Waals surface area contributed by atoms with Crippen molar-refractivity contribution in [2.45, 2.75) is 25.0 Å². The van der Waals surface area contributed by atoms with Crippen LogP contribution in [0.15, 0.2) is 61.2 Å². The van der Waals surface area contributed by atoms with Gasteiger partial charge in [-0.3, -0.25) is 9.36 Å². The lowest BCUT2D eigenvalue weighted by atomic mass is 10.0. The van der Waals surface area contributed by atoms with Crippen LogP contribution < -0.4 is 5.32 Å². The third-order valence-electron chi connectivity index (χ3n) is 4.85. The number of ether oxygens (including phenoxy) is 1. The maximum atomic E-state index is 14.7. The summed E-state index contributed by atoms with van der Waals surface area (Å²) in [6, 6.07) is 10.9. The number of carbonyl (C=O) groups is 2. The van der Waals surface area contributed by atoms with E-state index in [4.69, 9.17) is 4.74 Å². The lowest BCUT2D eigenvalue weighted by Gasteiger charge is -2.19. The molecule has 3 aromatic rings. The summed E-state index contributed by atoms with van der Waals surface area (Å²) in [5.74, 6) is -2.37. The van der Waals surface area contributed by atoms with E-state index in [1.165, 1.54) is 18.7 Å². The van der Waals surface area contributed by atoms with E-state index in [-0.39, 0.29) is 12.2 Å². The first-order chi connectivity index (χ1) is 14.0. The van der Waals surface area contributed by atoms with Crippen LogP contribution in [-0.4, -0.2) is 21.6 Å². The zero-order valence-corrected chi connectivity index (χ0v) is 15.3. The number of imidazole rings is 1. The molecule has 8 heteroatoms. The fourth-order valence-corrected chi connectivity index (χ4v) is 3.14. The van der Waals surface area contributed by atoms with Crippen LogP contribution in [0, 0.1) is 11.6 Å². The fraction of sp³-hybridized carbons (Fsp3) is 0.190. The predicted molar refractivity (Wildman–Crippen MR) is 99.0 cm³/mol. The van der Waals surface area contributed by atoms with Crippen molar-refractivity contribution in [2.24, 2.45) is 0 Å². The van der Waals surface area contributed by atoms with Gasteiger partial charge in [0.1, 0.15) is 24.6 Å². The second-order valence-electron chi connectivity index (χ2n) is 6.86. The Morgan fingerprint density at radius 1 is 1.14 bits per heavy atom. The Hall–Kier alpha value is -3.55. The molecule has 0 saturated heterocycles. The number of rotatable bonds is 5. The predicted octanol–water partition coefficient (Wildman–Crippen LogP) is 3.77. The van der Waals surface area contributed by atoms with Gasteiger partial charge in [0.2, 0.25) is 0 Å². The molecule has 1 saturated carbocycles. The molecule has 0 bridgehead atoms. The van der Waals surface area contributed by atoms with E-state index in [1.54, 1.807) is 0 Å². The number of nitrogens with one attached hydrogen (secondary N) is 1. The lowest BCUT2D eigenvalue weighted by Crippen LogP contribution is -2.36. The highest BCUT2D eigenvalue weighted by Crippen LogP contribution is 2.47. The summed E-state index contributed by atoms with van der Waals surface area (Å²) in [5.41, 5.74) is -0.637. The lowest BCUT2D eigenvalue weighted by molar-refractivity contribution is 0.0954. The van der Waals surface area contributed by atoms with Crippen molar-refractivity contribution in [1.29, 1.82) is 0 Å². The zero-order valence-electron chi connectivity index (χ0n) is 15.3. The van der Waals surface area contributed by atoms with Crippen molar-refractivity contribution in [1.82, 2.24) is 14.9 Å². The van der Waals surface area contributed by atoms with Crippen molar-refractivity contribution < 1.29 is 23.1 Å². The van der Waals surface area contributed by atoms with Crippen molar-refractivity contribution in [3.63, 3.8) is 0 Å². The molecule has 1 amide bonds. The SMILES string of the molecule is O=C(NC1(c2cc(F)c(C(=O)n3ccnc3)cc2F)CC1)OCc1ccccc1. The highest BCUT2D eigenvalue weighted by Gasteiger charge is 2.48. The van der Waals surface area contributed by atoms with Gasteiger partial charge in [-0.25, -0.2) is 18.6 Å². The smallest absolute Gasteiger partial charge is 0.408 e. The Labute approximate surface area is 165 Å². The second-order valence-corrected chi connectivity index (χ2v) is 6.86. The Morgan fingerprint density at radius 3 is 2.55 bits per heavy atom. The van der Waals surface area contributed by atoms with Crippen molar-refractivity contribution in [3.05, 3.63) is 89.5 Å². The van der Waals surface area contributed by atoms with E-state index < -0.39 is 34.7 Å². The number of amides is 1. The first-order valence-electron chi connectivity index (χ1n) is 8.99. The fourth-order valence-electron chi connectivity index (χ4n) is 3.14. The van der Waals surface area contributed by atoms with Crippen LogP contribution in [0.25, 0.3) is 0 Å². The van der Waals surface area contributed by atoms with Crippen molar-refractivity contribution in [3.8, 4) is 0 Å². The summed E-state index contributed by atoms with van der Waals surface area (Å²) in [6.45, 7) is 0.0674. The first kappa shape index (κ1) is 18.8. The van der Waals surface area contributed by atoms with E-state index in [0.29, 0.717) is 12.8 Å². The summed E-state index contributed by atoms with van der Waals surface area (Å²) < 4.78 is 35.5. The molecular weight excluding hydrogens is 380 g/mol. The van der Waals surface area contributed by atoms with Gasteiger partial charge in [0.25, 0.3) is 5.91 Å². The molecule has 148 valence electrons. The van der Waals surface area contributed by atoms with Gasteiger partial charge in [0.15, 0.2) is 0 Å². The van der Waals surface area contributed by atoms with Crippen LogP contribution in [0.1, 0.15) is 34.3 Å². The van der Waals surface area contributed by atoms with Gasteiger partial charge >= 0.3 is 6.09 Å². The van der Waals surface area contributed by atoms with E-state index in [1.807, 2.05) is 30.3 Å². The molecule has 0 spiro atoms. The van der Waals surface area contributed by atoms with Crippen LogP contribution in [0.2, 0.25) is 0 Å². The van der Waals surface area contributed by atoms with Gasteiger partial charge in [0, 0.05) is 18.0 Å². The Morgan fingerprint density at radius 2 is 1.90 bits per heavy atom. The molecule has 0 unspecified atom stereocenters. The van der Waals surface area contributed by atoms with Crippen LogP contribution in [0.4, 0.5) is 13.6 Å². The number of benzene rings is 2. The molecule has 1 aromatic heterocycles. The zero-order chi connectivity index (χ0) is 20.4. The second kappa shape index (κ2) is 7.46. The van der Waals surface area contributed by atoms with E-state index >= 15 is 0 Å². The number of hydrogen-bond donors (Lipinski definition) is 1. The van der Waals surface area contributed by atoms with Crippen LogP contribution in [0.3, 0.4) is 0 Å². The monoisotopic (exact) mass is 397 g/mol. The third kappa shape index (κ3) is 3.87. The molecule has 0 radical (unpaired) electrons. The molecule has 1 aliphatic rings. The Kier molecular flexibility index (Phi) is 4.84. The van der Waals surface area contributed by atoms with Crippen LogP contribution >= 0.6 is 0 Å². The summed E-state index contributed by atoms with van der Waals surface area (Å²) in [5, 5.41) is 2.63. The number of halogens is 2. The first-order valence-corrected chi connectivity index (χ1v) is 8.99. The quantitative estimate of drug-likeness (QED) is 0.711. The molecule has 1 fully saturated rings. The number of alkyl carbamates (subject to hydrolysis) is 1. The number of aromatic nitrogens is 2. The molecule has 4 rings (SSSR count). The van der Waals surface area contributed by atoms with Crippen LogP contribution in [0.5, 0.6) is 0 Å². The largest absolute Gasteiger partial charge is 0.445 e. The molecule has 1 aliphatic carbocycles. The molecule has 1 heterocycles. The maximum absolute atomic E-state index is 14.7. The van der Waals surface area contributed by atoms with Gasteiger partial charge in [-0.05, 0) is 30.5 Å². The average Bonchev–Trinajstić information content (AvgIpc) is 3.27. The molecule has 0 atom stereocenters. The number of hydrogen-bond acceptors (Lipinski definition) is 4. The molecule has 6 nitrogen and oxygen atoms in total. The standard InChI is InChI=1S/C21H17F2N3O3/c22-17-11-16(18(23)10-15(17)19(27)26-9-8-24-13-26)21(6-7-21)25-20(28)29-12-14-4-2-1-3-5-14/h1-5,8-11,13H,6-7,12H2,(H,25,28). The average molecular weight is 397 g/mol. The van der Waals surface area contributed by atoms with E-state index in [9.17, 15) is 18.4 Å². The van der Waals surface area contributed by atoms with E-state index in [0.717, 1.165) is 22.3 Å². The highest BCUT2D eigenvalue weighted by atomic mass is 19.1. The molecule has 29 heavy (non-hydrogen) atoms.